The second-order valence-corrected chi connectivity index (χ2v) is 3.51. The first kappa shape index (κ1) is 13.4. The molecule has 2 N–H and O–H groups in total. The molecule has 0 aromatic heterocycles. The maximum Gasteiger partial charge on any atom is 0.483 e. The molecular formula is C6H17NO3Si. The number of rotatable bonds is 4. The Labute approximate surface area is 69.9 Å². The lowest BCUT2D eigenvalue weighted by Crippen LogP contribution is -2.21. The summed E-state index contributed by atoms with van der Waals surface area (Å²) in [5.74, 6) is 0. The molecule has 0 radical (unpaired) electrons. The summed E-state index contributed by atoms with van der Waals surface area (Å²) in [6, 6.07) is 0. The normalized spacial score (nSPS) is 8.82. The molecule has 0 aromatic carbocycles. The SMILES string of the molecule is C=CCN.CO[SiH](OC)OC. The standard InChI is InChI=1S/C3H7N.C3H10O3Si/c1-2-3-4;1-4-7(5-2)6-3/h2H,1,3-4H2;7H,1-3H3. The highest BCUT2D eigenvalue weighted by atomic mass is 28.3. The van der Waals surface area contributed by atoms with E-state index < -0.39 is 9.53 Å². The summed E-state index contributed by atoms with van der Waals surface area (Å²) in [4.78, 5) is 0. The van der Waals surface area contributed by atoms with E-state index in [1.54, 1.807) is 27.4 Å². The third kappa shape index (κ3) is 12.9. The van der Waals surface area contributed by atoms with E-state index in [9.17, 15) is 0 Å². The zero-order chi connectivity index (χ0) is 9.11. The number of hydrogen-bond donors (Lipinski definition) is 1. The highest BCUT2D eigenvalue weighted by Gasteiger charge is 2.04. The van der Waals surface area contributed by atoms with Crippen LogP contribution >= 0.6 is 0 Å². The van der Waals surface area contributed by atoms with E-state index >= 15 is 0 Å². The molecule has 0 aromatic rings. The van der Waals surface area contributed by atoms with Gasteiger partial charge in [0, 0.05) is 27.9 Å². The lowest BCUT2D eigenvalue weighted by atomic mass is 10.7. The summed E-state index contributed by atoms with van der Waals surface area (Å²) in [5.41, 5.74) is 4.91. The van der Waals surface area contributed by atoms with E-state index in [0.717, 1.165) is 0 Å². The summed E-state index contributed by atoms with van der Waals surface area (Å²) < 4.78 is 14.2. The first-order chi connectivity index (χ1) is 5.26. The van der Waals surface area contributed by atoms with E-state index in [0.29, 0.717) is 6.54 Å². The molecule has 0 unspecified atom stereocenters. The van der Waals surface area contributed by atoms with Gasteiger partial charge >= 0.3 is 9.53 Å². The van der Waals surface area contributed by atoms with Gasteiger partial charge in [0.1, 0.15) is 0 Å². The van der Waals surface area contributed by atoms with Crippen LogP contribution in [0.5, 0.6) is 0 Å². The van der Waals surface area contributed by atoms with Crippen LogP contribution in [0.4, 0.5) is 0 Å². The lowest BCUT2D eigenvalue weighted by molar-refractivity contribution is 0.163. The van der Waals surface area contributed by atoms with E-state index in [-0.39, 0.29) is 0 Å². The third-order valence-electron chi connectivity index (χ3n) is 0.744. The van der Waals surface area contributed by atoms with Gasteiger partial charge in [0.2, 0.25) is 0 Å². The van der Waals surface area contributed by atoms with Gasteiger partial charge < -0.3 is 19.0 Å². The second-order valence-electron chi connectivity index (χ2n) is 1.52. The minimum atomic E-state index is -1.67. The largest absolute Gasteiger partial charge is 0.483 e. The van der Waals surface area contributed by atoms with Gasteiger partial charge in [-0.25, -0.2) is 0 Å². The Morgan fingerprint density at radius 1 is 1.27 bits per heavy atom. The first-order valence-electron chi connectivity index (χ1n) is 3.16. The molecule has 0 aliphatic rings. The molecule has 0 heterocycles. The van der Waals surface area contributed by atoms with Crippen LogP contribution < -0.4 is 5.73 Å². The van der Waals surface area contributed by atoms with Crippen molar-refractivity contribution in [2.75, 3.05) is 27.9 Å². The summed E-state index contributed by atoms with van der Waals surface area (Å²) in [7, 11) is 3.05. The van der Waals surface area contributed by atoms with Crippen molar-refractivity contribution in [3.05, 3.63) is 12.7 Å². The van der Waals surface area contributed by atoms with Gasteiger partial charge in [-0.05, 0) is 0 Å². The molecule has 0 saturated heterocycles. The van der Waals surface area contributed by atoms with Gasteiger partial charge in [-0.2, -0.15) is 0 Å². The molecule has 0 rings (SSSR count). The Kier molecular flexibility index (Phi) is 15.2. The van der Waals surface area contributed by atoms with Crippen molar-refractivity contribution in [2.45, 2.75) is 0 Å². The monoisotopic (exact) mass is 179 g/mol. The van der Waals surface area contributed by atoms with Gasteiger partial charge in [-0.3, -0.25) is 0 Å². The van der Waals surface area contributed by atoms with Crippen LogP contribution in [-0.4, -0.2) is 37.4 Å². The maximum absolute atomic E-state index is 4.91. The van der Waals surface area contributed by atoms with Crippen LogP contribution in [0.25, 0.3) is 0 Å². The summed E-state index contributed by atoms with van der Waals surface area (Å²) in [6.07, 6.45) is 1.65. The van der Waals surface area contributed by atoms with Crippen molar-refractivity contribution in [2.24, 2.45) is 5.73 Å². The molecule has 4 nitrogen and oxygen atoms in total. The Balaban J connectivity index is 0. The molecule has 0 amide bonds. The molecule has 0 fully saturated rings. The smallest absolute Gasteiger partial charge is 0.379 e. The van der Waals surface area contributed by atoms with Crippen molar-refractivity contribution >= 4 is 9.53 Å². The molecule has 0 bridgehead atoms. The van der Waals surface area contributed by atoms with Gasteiger partial charge in [-0.15, -0.1) is 6.58 Å². The summed E-state index contributed by atoms with van der Waals surface area (Å²) in [6.45, 7) is 3.94. The molecule has 0 spiro atoms. The zero-order valence-electron chi connectivity index (χ0n) is 7.37. The molecule has 68 valence electrons. The van der Waals surface area contributed by atoms with E-state index in [4.69, 9.17) is 19.0 Å². The van der Waals surface area contributed by atoms with Crippen molar-refractivity contribution in [3.63, 3.8) is 0 Å². The molecule has 0 atom stereocenters. The predicted molar refractivity (Wildman–Crippen MR) is 47.4 cm³/mol. The maximum atomic E-state index is 4.91. The molecule has 5 heteroatoms. The lowest BCUT2D eigenvalue weighted by Gasteiger charge is -2.05. The first-order valence-corrected chi connectivity index (χ1v) is 4.57. The van der Waals surface area contributed by atoms with Crippen molar-refractivity contribution in [1.29, 1.82) is 0 Å². The Morgan fingerprint density at radius 3 is 1.55 bits per heavy atom. The van der Waals surface area contributed by atoms with Crippen LogP contribution in [-0.2, 0) is 13.3 Å². The Bertz CT molecular complexity index is 72.7. The average Bonchev–Trinajstić information content (AvgIpc) is 2.08. The second kappa shape index (κ2) is 12.5. The minimum absolute atomic E-state index is 0.583. The van der Waals surface area contributed by atoms with Gasteiger partial charge in [0.25, 0.3) is 0 Å². The van der Waals surface area contributed by atoms with E-state index in [2.05, 4.69) is 6.58 Å². The molecule has 0 saturated carbocycles. The quantitative estimate of drug-likeness (QED) is 0.478. The molecule has 0 aliphatic carbocycles. The van der Waals surface area contributed by atoms with Crippen molar-refractivity contribution < 1.29 is 13.3 Å². The third-order valence-corrected chi connectivity index (χ3v) is 1.90. The van der Waals surface area contributed by atoms with Crippen molar-refractivity contribution in [3.8, 4) is 0 Å². The van der Waals surface area contributed by atoms with Crippen LogP contribution in [0, 0.1) is 0 Å². The van der Waals surface area contributed by atoms with Gasteiger partial charge in [0.15, 0.2) is 0 Å². The van der Waals surface area contributed by atoms with Crippen LogP contribution in [0.1, 0.15) is 0 Å². The molecular weight excluding hydrogens is 162 g/mol. The Morgan fingerprint density at radius 2 is 1.55 bits per heavy atom. The minimum Gasteiger partial charge on any atom is -0.379 e. The van der Waals surface area contributed by atoms with Crippen molar-refractivity contribution in [1.82, 2.24) is 0 Å². The number of nitrogens with two attached hydrogens (primary N) is 1. The number of hydrogen-bond acceptors (Lipinski definition) is 4. The zero-order valence-corrected chi connectivity index (χ0v) is 8.53. The van der Waals surface area contributed by atoms with E-state index in [1.165, 1.54) is 0 Å². The van der Waals surface area contributed by atoms with E-state index in [1.807, 2.05) is 0 Å². The highest BCUT2D eigenvalue weighted by Crippen LogP contribution is 1.81. The molecule has 0 aliphatic heterocycles. The summed E-state index contributed by atoms with van der Waals surface area (Å²) >= 11 is 0. The fourth-order valence-corrected chi connectivity index (χ4v) is 0.866. The molecule has 11 heavy (non-hydrogen) atoms. The highest BCUT2D eigenvalue weighted by molar-refractivity contribution is 6.36. The fraction of sp³-hybridized carbons (Fsp3) is 0.667. The van der Waals surface area contributed by atoms with Crippen LogP contribution in [0.15, 0.2) is 12.7 Å². The average molecular weight is 179 g/mol. The fourth-order valence-electron chi connectivity index (χ4n) is 0.289. The van der Waals surface area contributed by atoms with Gasteiger partial charge in [-0.1, -0.05) is 6.08 Å². The van der Waals surface area contributed by atoms with Crippen LogP contribution in [0.3, 0.4) is 0 Å². The van der Waals surface area contributed by atoms with Gasteiger partial charge in [0.05, 0.1) is 0 Å². The Hall–Kier alpha value is -0.203. The van der Waals surface area contributed by atoms with Crippen LogP contribution in [0.2, 0.25) is 0 Å². The predicted octanol–water partition coefficient (Wildman–Crippen LogP) is -0.226. The summed E-state index contributed by atoms with van der Waals surface area (Å²) in [5, 5.41) is 0. The topological polar surface area (TPSA) is 53.7 Å².